The maximum atomic E-state index is 12.3. The summed E-state index contributed by atoms with van der Waals surface area (Å²) in [6, 6.07) is 23.1. The van der Waals surface area contributed by atoms with E-state index in [1.54, 1.807) is 17.0 Å². The molecule has 0 bridgehead atoms. The van der Waals surface area contributed by atoms with Crippen molar-refractivity contribution in [2.24, 2.45) is 0 Å². The molecule has 0 saturated carbocycles. The molecule has 0 aliphatic carbocycles. The van der Waals surface area contributed by atoms with Crippen LogP contribution in [-0.4, -0.2) is 15.7 Å². The Balaban J connectivity index is 1.55. The van der Waals surface area contributed by atoms with Gasteiger partial charge in [0.1, 0.15) is 11.5 Å². The zero-order valence-electron chi connectivity index (χ0n) is 16.7. The second-order valence-electron chi connectivity index (χ2n) is 6.89. The highest BCUT2D eigenvalue weighted by Crippen LogP contribution is 2.31. The van der Waals surface area contributed by atoms with Crippen LogP contribution in [0, 0.1) is 6.92 Å². The first-order valence-electron chi connectivity index (χ1n) is 9.86. The number of hydrogen-bond acceptors (Lipinski definition) is 4. The smallest absolute Gasteiger partial charge is 0.226 e. The van der Waals surface area contributed by atoms with E-state index in [1.165, 1.54) is 0 Å². The molecule has 1 N–H and O–H groups in total. The summed E-state index contributed by atoms with van der Waals surface area (Å²) in [5, 5.41) is 7.57. The van der Waals surface area contributed by atoms with Crippen molar-refractivity contribution in [1.82, 2.24) is 15.1 Å². The lowest BCUT2D eigenvalue weighted by atomic mass is 10.1. The van der Waals surface area contributed by atoms with Gasteiger partial charge in [-0.2, -0.15) is 5.10 Å². The summed E-state index contributed by atoms with van der Waals surface area (Å²) in [5.74, 6) is 2.02. The molecule has 152 valence electrons. The van der Waals surface area contributed by atoms with Crippen molar-refractivity contribution in [1.29, 1.82) is 0 Å². The molecule has 0 radical (unpaired) electrons. The van der Waals surface area contributed by atoms with Crippen LogP contribution in [0.4, 0.5) is 0 Å². The van der Waals surface area contributed by atoms with Crippen molar-refractivity contribution < 1.29 is 13.9 Å². The fraction of sp³-hybridized carbons (Fsp3) is 0.167. The Kier molecular flexibility index (Phi) is 5.94. The minimum Gasteiger partial charge on any atom is -0.467 e. The Morgan fingerprint density at radius 3 is 2.47 bits per heavy atom. The van der Waals surface area contributed by atoms with Crippen molar-refractivity contribution in [3.63, 3.8) is 0 Å². The topological polar surface area (TPSA) is 69.3 Å². The molecule has 6 nitrogen and oxygen atoms in total. The third-order valence-electron chi connectivity index (χ3n) is 4.74. The Hall–Kier alpha value is -3.80. The number of aromatic nitrogens is 2. The van der Waals surface area contributed by atoms with Crippen molar-refractivity contribution in [3.8, 4) is 17.3 Å². The summed E-state index contributed by atoms with van der Waals surface area (Å²) in [6.07, 6.45) is 2.44. The van der Waals surface area contributed by atoms with E-state index in [0.717, 1.165) is 28.5 Å². The van der Waals surface area contributed by atoms with Crippen LogP contribution < -0.4 is 10.1 Å². The molecular formula is C24H23N3O3. The molecule has 4 aromatic rings. The molecule has 0 atom stereocenters. The van der Waals surface area contributed by atoms with Crippen LogP contribution in [0.2, 0.25) is 0 Å². The quantitative estimate of drug-likeness (QED) is 0.460. The van der Waals surface area contributed by atoms with Crippen LogP contribution in [0.15, 0.2) is 83.5 Å². The number of carbonyl (C=O) groups excluding carboxylic acids is 1. The number of rotatable bonds is 8. The second kappa shape index (κ2) is 9.13. The van der Waals surface area contributed by atoms with Gasteiger partial charge in [-0.3, -0.25) is 4.79 Å². The van der Waals surface area contributed by atoms with Gasteiger partial charge in [0.05, 0.1) is 24.2 Å². The number of carbonyl (C=O) groups is 1. The third-order valence-corrected chi connectivity index (χ3v) is 4.74. The fourth-order valence-electron chi connectivity index (χ4n) is 3.20. The number of aryl methyl sites for hydroxylation is 1. The highest BCUT2D eigenvalue weighted by Gasteiger charge is 2.19. The molecule has 0 aliphatic rings. The van der Waals surface area contributed by atoms with Crippen LogP contribution in [0.3, 0.4) is 0 Å². The maximum Gasteiger partial charge on any atom is 0.226 e. The third kappa shape index (κ3) is 4.60. The van der Waals surface area contributed by atoms with Gasteiger partial charge in [0, 0.05) is 12.0 Å². The highest BCUT2D eigenvalue weighted by molar-refractivity contribution is 5.76. The van der Waals surface area contributed by atoms with E-state index in [2.05, 4.69) is 10.4 Å². The number of nitrogens with zero attached hydrogens (tertiary/aromatic N) is 2. The predicted octanol–water partition coefficient (Wildman–Crippen LogP) is 4.82. The van der Waals surface area contributed by atoms with E-state index in [-0.39, 0.29) is 5.91 Å². The molecule has 0 aliphatic heterocycles. The van der Waals surface area contributed by atoms with Crippen molar-refractivity contribution in [3.05, 3.63) is 96.1 Å². The predicted molar refractivity (Wildman–Crippen MR) is 114 cm³/mol. The molecule has 0 saturated heterocycles. The Bertz CT molecular complexity index is 1090. The SMILES string of the molecule is Cc1nn(-c2ccccc2)c(Oc2ccccc2)c1CCC(=O)NCc1ccco1. The van der Waals surface area contributed by atoms with E-state index in [1.807, 2.05) is 73.7 Å². The molecule has 0 fully saturated rings. The van der Waals surface area contributed by atoms with Crippen LogP contribution in [0.1, 0.15) is 23.4 Å². The van der Waals surface area contributed by atoms with Crippen LogP contribution in [0.5, 0.6) is 11.6 Å². The molecule has 6 heteroatoms. The van der Waals surface area contributed by atoms with Crippen LogP contribution in [0.25, 0.3) is 5.69 Å². The van der Waals surface area contributed by atoms with Crippen molar-refractivity contribution >= 4 is 5.91 Å². The number of hydrogen-bond donors (Lipinski definition) is 1. The largest absolute Gasteiger partial charge is 0.467 e. The van der Waals surface area contributed by atoms with Gasteiger partial charge < -0.3 is 14.5 Å². The van der Waals surface area contributed by atoms with E-state index in [0.29, 0.717) is 25.3 Å². The average Bonchev–Trinajstić information content (AvgIpc) is 3.40. The monoisotopic (exact) mass is 401 g/mol. The first kappa shape index (κ1) is 19.5. The van der Waals surface area contributed by atoms with Gasteiger partial charge in [-0.1, -0.05) is 36.4 Å². The molecule has 1 amide bonds. The Labute approximate surface area is 175 Å². The standard InChI is InChI=1S/C24H23N3O3/c1-18-22(14-15-23(28)25-17-21-13-8-16-29-21)24(30-20-11-6-3-7-12-20)27(26-18)19-9-4-2-5-10-19/h2-13,16H,14-15,17H2,1H3,(H,25,28). The number of amides is 1. The molecule has 30 heavy (non-hydrogen) atoms. The van der Waals surface area contributed by atoms with E-state index < -0.39 is 0 Å². The molecule has 0 spiro atoms. The fourth-order valence-corrected chi connectivity index (χ4v) is 3.20. The second-order valence-corrected chi connectivity index (χ2v) is 6.89. The maximum absolute atomic E-state index is 12.3. The highest BCUT2D eigenvalue weighted by atomic mass is 16.5. The zero-order chi connectivity index (χ0) is 20.8. The number of furan rings is 1. The number of ether oxygens (including phenoxy) is 1. The van der Waals surface area contributed by atoms with Gasteiger partial charge in [-0.05, 0) is 49.7 Å². The number of benzene rings is 2. The lowest BCUT2D eigenvalue weighted by Crippen LogP contribution is -2.22. The molecule has 2 heterocycles. The van der Waals surface area contributed by atoms with Gasteiger partial charge in [-0.15, -0.1) is 0 Å². The van der Waals surface area contributed by atoms with Gasteiger partial charge in [0.15, 0.2) is 0 Å². The van der Waals surface area contributed by atoms with E-state index in [9.17, 15) is 4.79 Å². The summed E-state index contributed by atoms with van der Waals surface area (Å²) in [6.45, 7) is 2.31. The normalized spacial score (nSPS) is 10.7. The molecule has 2 aromatic carbocycles. The van der Waals surface area contributed by atoms with Gasteiger partial charge in [0.25, 0.3) is 0 Å². The van der Waals surface area contributed by atoms with Gasteiger partial charge in [0.2, 0.25) is 11.8 Å². The summed E-state index contributed by atoms with van der Waals surface area (Å²) in [4.78, 5) is 12.3. The molecule has 4 rings (SSSR count). The van der Waals surface area contributed by atoms with Gasteiger partial charge in [-0.25, -0.2) is 4.68 Å². The first-order chi connectivity index (χ1) is 14.7. The van der Waals surface area contributed by atoms with Crippen molar-refractivity contribution in [2.75, 3.05) is 0 Å². The summed E-state index contributed by atoms with van der Waals surface area (Å²) in [5.41, 5.74) is 2.65. The zero-order valence-corrected chi connectivity index (χ0v) is 16.7. The molecular weight excluding hydrogens is 378 g/mol. The van der Waals surface area contributed by atoms with E-state index >= 15 is 0 Å². The summed E-state index contributed by atoms with van der Waals surface area (Å²) >= 11 is 0. The molecule has 2 aromatic heterocycles. The number of nitrogens with one attached hydrogen (secondary N) is 1. The lowest BCUT2D eigenvalue weighted by molar-refractivity contribution is -0.121. The summed E-state index contributed by atoms with van der Waals surface area (Å²) in [7, 11) is 0. The minimum absolute atomic E-state index is 0.0519. The Morgan fingerprint density at radius 1 is 1.03 bits per heavy atom. The summed E-state index contributed by atoms with van der Waals surface area (Å²) < 4.78 is 13.3. The Morgan fingerprint density at radius 2 is 1.77 bits per heavy atom. The minimum atomic E-state index is -0.0519. The van der Waals surface area contributed by atoms with Crippen LogP contribution >= 0.6 is 0 Å². The van der Waals surface area contributed by atoms with Crippen molar-refractivity contribution in [2.45, 2.75) is 26.3 Å². The first-order valence-corrected chi connectivity index (χ1v) is 9.86. The van der Waals surface area contributed by atoms with Gasteiger partial charge >= 0.3 is 0 Å². The molecule has 0 unspecified atom stereocenters. The van der Waals surface area contributed by atoms with E-state index in [4.69, 9.17) is 9.15 Å². The lowest BCUT2D eigenvalue weighted by Gasteiger charge is -2.11. The number of para-hydroxylation sites is 2. The van der Waals surface area contributed by atoms with Crippen LogP contribution in [-0.2, 0) is 17.8 Å². The average molecular weight is 401 g/mol.